The number of phenols is 2. The van der Waals surface area contributed by atoms with E-state index in [0.717, 1.165) is 30.6 Å². The molecule has 0 spiro atoms. The second-order valence-electron chi connectivity index (χ2n) is 10.1. The van der Waals surface area contributed by atoms with E-state index < -0.39 is 0 Å². The van der Waals surface area contributed by atoms with Gasteiger partial charge in [-0.05, 0) is 53.6 Å². The van der Waals surface area contributed by atoms with Gasteiger partial charge in [0.2, 0.25) is 0 Å². The lowest BCUT2D eigenvalue weighted by Crippen LogP contribution is -2.23. The number of phenolic OH excluding ortho intramolecular Hbond substituents is 2. The molecule has 0 saturated heterocycles. The van der Waals surface area contributed by atoms with Gasteiger partial charge in [0.05, 0.1) is 5.02 Å². The number of aromatic hydroxyl groups is 2. The van der Waals surface area contributed by atoms with Gasteiger partial charge in [0.25, 0.3) is 0 Å². The van der Waals surface area contributed by atoms with E-state index >= 15 is 0 Å². The van der Waals surface area contributed by atoms with Crippen LogP contribution in [0, 0.1) is 0 Å². The molecule has 2 aromatic carbocycles. The molecule has 0 aromatic heterocycles. The van der Waals surface area contributed by atoms with Crippen LogP contribution in [0.4, 0.5) is 0 Å². The van der Waals surface area contributed by atoms with Crippen LogP contribution in [0.2, 0.25) is 10.0 Å². The molecule has 172 valence electrons. The van der Waals surface area contributed by atoms with E-state index in [9.17, 15) is 10.2 Å². The van der Waals surface area contributed by atoms with Gasteiger partial charge in [-0.15, -0.1) is 0 Å². The average molecular weight is 467 g/mol. The summed E-state index contributed by atoms with van der Waals surface area (Å²) in [6.07, 6.45) is 0.904. The summed E-state index contributed by atoms with van der Waals surface area (Å²) in [7, 11) is 0. The molecule has 31 heavy (non-hydrogen) atoms. The molecule has 6 heteroatoms. The van der Waals surface area contributed by atoms with E-state index in [1.165, 1.54) is 11.6 Å². The Labute approximate surface area is 197 Å². The van der Waals surface area contributed by atoms with Gasteiger partial charge in [-0.2, -0.15) is 0 Å². The zero-order valence-corrected chi connectivity index (χ0v) is 21.0. The van der Waals surface area contributed by atoms with Crippen LogP contribution in [0.15, 0.2) is 24.3 Å². The summed E-state index contributed by atoms with van der Waals surface area (Å²) in [6.45, 7) is 15.7. The summed E-state index contributed by atoms with van der Waals surface area (Å²) in [6, 6.07) is 7.49. The van der Waals surface area contributed by atoms with E-state index in [4.69, 9.17) is 23.2 Å². The van der Waals surface area contributed by atoms with Crippen molar-refractivity contribution in [3.63, 3.8) is 0 Å². The number of halogens is 2. The second-order valence-corrected chi connectivity index (χ2v) is 11.0. The zero-order chi connectivity index (χ0) is 23.4. The van der Waals surface area contributed by atoms with Gasteiger partial charge in [-0.3, -0.25) is 0 Å². The Morgan fingerprint density at radius 2 is 1.29 bits per heavy atom. The summed E-state index contributed by atoms with van der Waals surface area (Å²) >= 11 is 12.0. The Kier molecular flexibility index (Phi) is 8.69. The predicted molar refractivity (Wildman–Crippen MR) is 132 cm³/mol. The van der Waals surface area contributed by atoms with Crippen LogP contribution >= 0.6 is 23.2 Å². The van der Waals surface area contributed by atoms with Crippen molar-refractivity contribution in [1.29, 1.82) is 0 Å². The first-order valence-electron chi connectivity index (χ1n) is 10.8. The van der Waals surface area contributed by atoms with Crippen LogP contribution in [0.1, 0.15) is 70.2 Å². The van der Waals surface area contributed by atoms with E-state index in [-0.39, 0.29) is 21.6 Å². The molecule has 0 aliphatic heterocycles. The zero-order valence-electron chi connectivity index (χ0n) is 19.5. The summed E-state index contributed by atoms with van der Waals surface area (Å²) in [5, 5.41) is 28.4. The van der Waals surface area contributed by atoms with Crippen LogP contribution in [-0.2, 0) is 23.9 Å². The highest BCUT2D eigenvalue weighted by atomic mass is 35.5. The molecular formula is C25H36Cl2N2O2. The van der Waals surface area contributed by atoms with Crippen molar-refractivity contribution in [2.75, 3.05) is 13.1 Å². The van der Waals surface area contributed by atoms with Gasteiger partial charge >= 0.3 is 0 Å². The maximum atomic E-state index is 10.9. The topological polar surface area (TPSA) is 64.5 Å². The van der Waals surface area contributed by atoms with E-state index in [0.29, 0.717) is 29.4 Å². The van der Waals surface area contributed by atoms with Crippen LogP contribution in [-0.4, -0.2) is 23.3 Å². The Morgan fingerprint density at radius 1 is 0.742 bits per heavy atom. The summed E-state index contributed by atoms with van der Waals surface area (Å²) < 4.78 is 0. The van der Waals surface area contributed by atoms with E-state index in [1.807, 2.05) is 0 Å². The van der Waals surface area contributed by atoms with Crippen LogP contribution in [0.25, 0.3) is 0 Å². The highest BCUT2D eigenvalue weighted by molar-refractivity contribution is 6.35. The highest BCUT2D eigenvalue weighted by Gasteiger charge is 2.24. The lowest BCUT2D eigenvalue weighted by Gasteiger charge is -2.27. The van der Waals surface area contributed by atoms with E-state index in [2.05, 4.69) is 64.3 Å². The minimum atomic E-state index is -0.126. The van der Waals surface area contributed by atoms with Crippen molar-refractivity contribution in [3.05, 3.63) is 56.6 Å². The SMILES string of the molecule is CC(C)(C)c1cc(CNCCCNCc2cc(Cl)cc(Cl)c2O)c(O)c(C(C)(C)C)c1. The molecule has 2 rings (SSSR count). The Bertz CT molecular complexity index is 900. The maximum Gasteiger partial charge on any atom is 0.138 e. The fourth-order valence-corrected chi connectivity index (χ4v) is 3.91. The molecule has 0 heterocycles. The van der Waals surface area contributed by atoms with Crippen molar-refractivity contribution < 1.29 is 10.2 Å². The van der Waals surface area contributed by atoms with Crippen molar-refractivity contribution in [1.82, 2.24) is 10.6 Å². The van der Waals surface area contributed by atoms with E-state index in [1.54, 1.807) is 6.07 Å². The molecule has 0 aliphatic rings. The number of rotatable bonds is 8. The number of nitrogens with one attached hydrogen (secondary N) is 2. The first kappa shape index (κ1) is 25.8. The molecule has 4 nitrogen and oxygen atoms in total. The Balaban J connectivity index is 1.90. The normalized spacial score (nSPS) is 12.4. The lowest BCUT2D eigenvalue weighted by atomic mass is 9.79. The minimum absolute atomic E-state index is 0.0150. The molecule has 0 unspecified atom stereocenters. The van der Waals surface area contributed by atoms with Crippen molar-refractivity contribution in [2.24, 2.45) is 0 Å². The summed E-state index contributed by atoms with van der Waals surface area (Å²) in [5.41, 5.74) is 3.72. The van der Waals surface area contributed by atoms with Gasteiger partial charge in [0.1, 0.15) is 11.5 Å². The Hall–Kier alpha value is -1.46. The molecular weight excluding hydrogens is 431 g/mol. The van der Waals surface area contributed by atoms with Gasteiger partial charge in [-0.25, -0.2) is 0 Å². The summed E-state index contributed by atoms with van der Waals surface area (Å²) in [4.78, 5) is 0. The number of hydrogen-bond acceptors (Lipinski definition) is 4. The first-order valence-corrected chi connectivity index (χ1v) is 11.5. The fraction of sp³-hybridized carbons (Fsp3) is 0.520. The third-order valence-electron chi connectivity index (χ3n) is 5.31. The molecule has 2 aromatic rings. The largest absolute Gasteiger partial charge is 0.507 e. The van der Waals surface area contributed by atoms with Gasteiger partial charge in [0, 0.05) is 29.2 Å². The first-order chi connectivity index (χ1) is 14.3. The molecule has 0 radical (unpaired) electrons. The summed E-state index contributed by atoms with van der Waals surface area (Å²) in [5.74, 6) is 0.458. The van der Waals surface area contributed by atoms with Crippen LogP contribution in [0.3, 0.4) is 0 Å². The standard InChI is InChI=1S/C25H36Cl2N2O2/c1-24(2,3)18-10-16(22(30)20(12-18)25(4,5)6)14-28-8-7-9-29-15-17-11-19(26)13-21(27)23(17)31/h10-13,28-31H,7-9,14-15H2,1-6H3. The van der Waals surface area contributed by atoms with Gasteiger partial charge in [-0.1, -0.05) is 76.9 Å². The smallest absolute Gasteiger partial charge is 0.138 e. The molecule has 0 bridgehead atoms. The van der Waals surface area contributed by atoms with Gasteiger partial charge in [0.15, 0.2) is 0 Å². The predicted octanol–water partition coefficient (Wildman–Crippen LogP) is 6.27. The molecule has 0 amide bonds. The molecule has 0 aliphatic carbocycles. The van der Waals surface area contributed by atoms with Crippen LogP contribution in [0.5, 0.6) is 11.5 Å². The van der Waals surface area contributed by atoms with Crippen molar-refractivity contribution in [3.8, 4) is 11.5 Å². The van der Waals surface area contributed by atoms with Crippen molar-refractivity contribution in [2.45, 2.75) is 71.9 Å². The molecule has 0 fully saturated rings. The third-order valence-corrected chi connectivity index (χ3v) is 5.81. The third kappa shape index (κ3) is 7.28. The molecule has 0 saturated carbocycles. The minimum Gasteiger partial charge on any atom is -0.507 e. The highest BCUT2D eigenvalue weighted by Crippen LogP contribution is 2.37. The lowest BCUT2D eigenvalue weighted by molar-refractivity contribution is 0.434. The number of benzene rings is 2. The quantitative estimate of drug-likeness (QED) is 0.346. The maximum absolute atomic E-state index is 10.9. The van der Waals surface area contributed by atoms with Crippen molar-refractivity contribution >= 4 is 23.2 Å². The number of hydrogen-bond donors (Lipinski definition) is 4. The average Bonchev–Trinajstić information content (AvgIpc) is 2.63. The monoisotopic (exact) mass is 466 g/mol. The second kappa shape index (κ2) is 10.4. The molecule has 4 N–H and O–H groups in total. The molecule has 0 atom stereocenters. The van der Waals surface area contributed by atoms with Crippen LogP contribution < -0.4 is 10.6 Å². The fourth-order valence-electron chi connectivity index (χ4n) is 3.37. The Morgan fingerprint density at radius 3 is 1.81 bits per heavy atom. The van der Waals surface area contributed by atoms with Gasteiger partial charge < -0.3 is 20.8 Å².